The molecular weight excluding hydrogens is 440 g/mol. The number of hydrogen-bond donors (Lipinski definition) is 3. The van der Waals surface area contributed by atoms with Crippen molar-refractivity contribution in [1.29, 1.82) is 0 Å². The highest BCUT2D eigenvalue weighted by atomic mass is 16.3. The third kappa shape index (κ3) is 3.70. The minimum atomic E-state index is -1.41. The first-order chi connectivity index (χ1) is 16.7. The maximum atomic E-state index is 14.0. The van der Waals surface area contributed by atoms with Crippen molar-refractivity contribution in [3.05, 3.63) is 59.3 Å². The van der Waals surface area contributed by atoms with Crippen molar-refractivity contribution in [2.24, 2.45) is 23.2 Å². The fraction of sp³-hybridized carbons (Fsp3) is 0.483. The van der Waals surface area contributed by atoms with Crippen molar-refractivity contribution in [3.8, 4) is 0 Å². The lowest BCUT2D eigenvalue weighted by Crippen LogP contribution is -2.55. The number of Topliss-reactive ketones (excluding diaryl/α,β-unsaturated/α-hetero) is 2. The number of aliphatic hydroxyl groups excluding tert-OH is 1. The first-order valence-electron chi connectivity index (χ1n) is 12.7. The minimum absolute atomic E-state index is 0.0265. The summed E-state index contributed by atoms with van der Waals surface area (Å²) in [5.41, 5.74) is 2.42. The molecule has 1 saturated heterocycles. The highest BCUT2D eigenvalue weighted by Crippen LogP contribution is 2.55. The number of fused-ring (bicyclic) bond motifs is 1. The number of carbonyl (C=O) groups excluding carboxylic acids is 3. The van der Waals surface area contributed by atoms with E-state index in [1.807, 2.05) is 57.3 Å². The molecule has 6 nitrogen and oxygen atoms in total. The topological polar surface area (TPSA) is 99.3 Å². The highest BCUT2D eigenvalue weighted by molar-refractivity contribution is 6.10. The maximum absolute atomic E-state index is 14.0. The van der Waals surface area contributed by atoms with Gasteiger partial charge in [0.2, 0.25) is 5.91 Å². The van der Waals surface area contributed by atoms with Crippen molar-refractivity contribution in [1.82, 2.24) is 10.3 Å². The van der Waals surface area contributed by atoms with E-state index in [0.717, 1.165) is 27.6 Å². The molecule has 2 aliphatic carbocycles. The molecule has 1 aromatic carbocycles. The zero-order valence-electron chi connectivity index (χ0n) is 20.6. The molecular formula is C29H34N2O4. The quantitative estimate of drug-likeness (QED) is 0.452. The van der Waals surface area contributed by atoms with Gasteiger partial charge in [0.05, 0.1) is 6.10 Å². The van der Waals surface area contributed by atoms with E-state index < -0.39 is 17.4 Å². The average Bonchev–Trinajstić information content (AvgIpc) is 3.36. The Hall–Kier alpha value is -2.99. The molecule has 0 bridgehead atoms. The van der Waals surface area contributed by atoms with Gasteiger partial charge in [0.25, 0.3) is 0 Å². The molecule has 3 aliphatic rings. The molecule has 1 spiro atoms. The van der Waals surface area contributed by atoms with E-state index in [1.54, 1.807) is 0 Å². The summed E-state index contributed by atoms with van der Waals surface area (Å²) in [6, 6.07) is 7.76. The van der Waals surface area contributed by atoms with E-state index >= 15 is 0 Å². The zero-order chi connectivity index (χ0) is 24.9. The van der Waals surface area contributed by atoms with Gasteiger partial charge in [-0.2, -0.15) is 0 Å². The molecule has 0 radical (unpaired) electrons. The lowest BCUT2D eigenvalue weighted by molar-refractivity contribution is -0.148. The van der Waals surface area contributed by atoms with Crippen LogP contribution in [0, 0.1) is 23.2 Å². The van der Waals surface area contributed by atoms with E-state index in [1.165, 1.54) is 0 Å². The fourth-order valence-corrected chi connectivity index (χ4v) is 6.77. The van der Waals surface area contributed by atoms with Crippen molar-refractivity contribution in [2.75, 3.05) is 0 Å². The zero-order valence-corrected chi connectivity index (χ0v) is 20.6. The Balaban J connectivity index is 1.62. The van der Waals surface area contributed by atoms with Crippen LogP contribution in [-0.2, 0) is 20.8 Å². The summed E-state index contributed by atoms with van der Waals surface area (Å²) < 4.78 is 0. The molecule has 5 rings (SSSR count). The van der Waals surface area contributed by atoms with E-state index in [-0.39, 0.29) is 48.2 Å². The van der Waals surface area contributed by atoms with Gasteiger partial charge in [-0.05, 0) is 49.8 Å². The maximum Gasteiger partial charge on any atom is 0.235 e. The first kappa shape index (κ1) is 23.7. The van der Waals surface area contributed by atoms with Crippen LogP contribution in [0.15, 0.2) is 53.8 Å². The molecule has 1 amide bonds. The van der Waals surface area contributed by atoms with Crippen LogP contribution >= 0.6 is 0 Å². The molecule has 6 atom stereocenters. The number of aromatic amines is 1. The Morgan fingerprint density at radius 1 is 1.09 bits per heavy atom. The third-order valence-corrected chi connectivity index (χ3v) is 8.65. The summed E-state index contributed by atoms with van der Waals surface area (Å²) in [7, 11) is 0. The summed E-state index contributed by atoms with van der Waals surface area (Å²) in [4.78, 5) is 43.7. The summed E-state index contributed by atoms with van der Waals surface area (Å²) in [5.74, 6) is -1.38. The normalized spacial score (nSPS) is 34.9. The largest absolute Gasteiger partial charge is 0.388 e. The molecule has 0 saturated carbocycles. The van der Waals surface area contributed by atoms with Gasteiger partial charge in [-0.3, -0.25) is 14.4 Å². The molecule has 1 fully saturated rings. The number of amides is 1. The summed E-state index contributed by atoms with van der Waals surface area (Å²) in [5, 5.41) is 15.6. The Morgan fingerprint density at radius 2 is 1.86 bits per heavy atom. The molecule has 184 valence electrons. The van der Waals surface area contributed by atoms with Crippen LogP contribution < -0.4 is 5.32 Å². The Morgan fingerprint density at radius 3 is 2.66 bits per heavy atom. The number of nitrogens with one attached hydrogen (secondary N) is 2. The van der Waals surface area contributed by atoms with Crippen LogP contribution in [0.25, 0.3) is 10.9 Å². The van der Waals surface area contributed by atoms with E-state index in [9.17, 15) is 19.5 Å². The number of benzene rings is 1. The second kappa shape index (κ2) is 8.90. The Labute approximate surface area is 205 Å². The predicted molar refractivity (Wildman–Crippen MR) is 135 cm³/mol. The van der Waals surface area contributed by atoms with Gasteiger partial charge in [-0.25, -0.2) is 0 Å². The van der Waals surface area contributed by atoms with Crippen molar-refractivity contribution < 1.29 is 19.5 Å². The number of para-hydroxylation sites is 1. The second-order valence-electron chi connectivity index (χ2n) is 10.8. The number of aliphatic hydroxyl groups is 1. The standard InChI is InChI=1S/C29H34N2O4/c1-16-7-6-9-22-27(34)18(3)17(2)26-24(14-19-15-30-23-10-5-4-8-21(19)23)31-28(35)29(22,26)25(33)12-11-20(32)13-16/h4-6,8-10,15-16,22,24,26-27,30,34H,7,11-14H2,1-3H3,(H,31,35)/b9-6+/t16-,22-,24+,26+,27+,29+/m0/s1. The van der Waals surface area contributed by atoms with Crippen molar-refractivity contribution in [2.45, 2.75) is 65.0 Å². The van der Waals surface area contributed by atoms with Crippen molar-refractivity contribution >= 4 is 28.4 Å². The molecule has 0 unspecified atom stereocenters. The van der Waals surface area contributed by atoms with Crippen LogP contribution in [-0.4, -0.2) is 39.7 Å². The number of ketones is 2. The van der Waals surface area contributed by atoms with Gasteiger partial charge in [0, 0.05) is 54.2 Å². The number of allylic oxidation sites excluding steroid dienone is 1. The molecule has 2 heterocycles. The summed E-state index contributed by atoms with van der Waals surface area (Å²) >= 11 is 0. The van der Waals surface area contributed by atoms with Crippen molar-refractivity contribution in [3.63, 3.8) is 0 Å². The summed E-state index contributed by atoms with van der Waals surface area (Å²) in [6.07, 6.45) is 6.73. The van der Waals surface area contributed by atoms with Crippen LogP contribution in [0.5, 0.6) is 0 Å². The van der Waals surface area contributed by atoms with Crippen LogP contribution in [0.4, 0.5) is 0 Å². The van der Waals surface area contributed by atoms with Gasteiger partial charge < -0.3 is 15.4 Å². The smallest absolute Gasteiger partial charge is 0.235 e. The lowest BCUT2D eigenvalue weighted by atomic mass is 9.54. The Kier molecular flexibility index (Phi) is 6.04. The van der Waals surface area contributed by atoms with Crippen LogP contribution in [0.3, 0.4) is 0 Å². The van der Waals surface area contributed by atoms with Gasteiger partial charge in [-0.15, -0.1) is 0 Å². The van der Waals surface area contributed by atoms with E-state index in [4.69, 9.17) is 0 Å². The molecule has 2 aromatic rings. The van der Waals surface area contributed by atoms with E-state index in [0.29, 0.717) is 19.3 Å². The first-order valence-corrected chi connectivity index (χ1v) is 12.7. The average molecular weight is 475 g/mol. The van der Waals surface area contributed by atoms with Crippen LogP contribution in [0.1, 0.15) is 52.0 Å². The van der Waals surface area contributed by atoms with Gasteiger partial charge in [0.1, 0.15) is 17.0 Å². The fourth-order valence-electron chi connectivity index (χ4n) is 6.77. The molecule has 35 heavy (non-hydrogen) atoms. The molecule has 1 aliphatic heterocycles. The number of carbonyl (C=O) groups is 3. The molecule has 3 N–H and O–H groups in total. The number of aromatic nitrogens is 1. The highest BCUT2D eigenvalue weighted by Gasteiger charge is 2.66. The number of rotatable bonds is 2. The molecule has 6 heteroatoms. The van der Waals surface area contributed by atoms with Gasteiger partial charge in [0.15, 0.2) is 0 Å². The lowest BCUT2D eigenvalue weighted by Gasteiger charge is -2.46. The second-order valence-corrected chi connectivity index (χ2v) is 10.8. The third-order valence-electron chi connectivity index (χ3n) is 8.65. The minimum Gasteiger partial charge on any atom is -0.388 e. The number of hydrogen-bond acceptors (Lipinski definition) is 4. The van der Waals surface area contributed by atoms with Gasteiger partial charge >= 0.3 is 0 Å². The van der Waals surface area contributed by atoms with Gasteiger partial charge in [-0.1, -0.05) is 42.8 Å². The molecule has 1 aromatic heterocycles. The monoisotopic (exact) mass is 474 g/mol. The van der Waals surface area contributed by atoms with Crippen LogP contribution in [0.2, 0.25) is 0 Å². The van der Waals surface area contributed by atoms with E-state index in [2.05, 4.69) is 16.4 Å². The Bertz CT molecular complexity index is 1250. The summed E-state index contributed by atoms with van der Waals surface area (Å²) in [6.45, 7) is 5.87. The number of H-pyrrole nitrogens is 1. The predicted octanol–water partition coefficient (Wildman–Crippen LogP) is 4.04. The SMILES string of the molecule is CC1=C(C)[C@@H]2[C@@H](Cc3c[nH]c4ccccc34)NC(=O)[C@]23C(=O)CCC(=O)C[C@@H](C)C/C=C/[C@H]3[C@@H]1O.